The van der Waals surface area contributed by atoms with E-state index in [-0.39, 0.29) is 37.2 Å². The number of aromatic nitrogens is 1. The predicted molar refractivity (Wildman–Crippen MR) is 98.8 cm³/mol. The first-order valence-electron chi connectivity index (χ1n) is 9.10. The number of aryl methyl sites for hydroxylation is 2. The number of aliphatic hydroxyl groups is 1. The van der Waals surface area contributed by atoms with Gasteiger partial charge >= 0.3 is 0 Å². The van der Waals surface area contributed by atoms with Crippen molar-refractivity contribution in [2.75, 3.05) is 6.54 Å². The highest BCUT2D eigenvalue weighted by atomic mass is 16.5. The minimum atomic E-state index is -0.712. The summed E-state index contributed by atoms with van der Waals surface area (Å²) in [5.41, 5.74) is 2.83. The van der Waals surface area contributed by atoms with Gasteiger partial charge in [-0.1, -0.05) is 35.0 Å². The van der Waals surface area contributed by atoms with Crippen LogP contribution in [0.5, 0.6) is 0 Å². The molecule has 0 unspecified atom stereocenters. The molecule has 0 saturated carbocycles. The Morgan fingerprint density at radius 2 is 2.04 bits per heavy atom. The Labute approximate surface area is 158 Å². The molecule has 27 heavy (non-hydrogen) atoms. The zero-order chi connectivity index (χ0) is 19.6. The van der Waals surface area contributed by atoms with E-state index in [0.717, 1.165) is 11.1 Å². The van der Waals surface area contributed by atoms with Gasteiger partial charge in [0.1, 0.15) is 11.8 Å². The van der Waals surface area contributed by atoms with E-state index < -0.39 is 12.1 Å². The second kappa shape index (κ2) is 7.92. The Morgan fingerprint density at radius 3 is 2.67 bits per heavy atom. The van der Waals surface area contributed by atoms with Gasteiger partial charge in [-0.3, -0.25) is 9.59 Å². The molecule has 1 aliphatic rings. The lowest BCUT2D eigenvalue weighted by Gasteiger charge is -2.25. The van der Waals surface area contributed by atoms with E-state index in [9.17, 15) is 14.7 Å². The minimum Gasteiger partial charge on any atom is -0.391 e. The molecule has 0 spiro atoms. The fourth-order valence-corrected chi connectivity index (χ4v) is 3.34. The van der Waals surface area contributed by atoms with Crippen LogP contribution in [0.4, 0.5) is 0 Å². The molecule has 1 aliphatic heterocycles. The van der Waals surface area contributed by atoms with Crippen molar-refractivity contribution in [3.05, 3.63) is 52.9 Å². The van der Waals surface area contributed by atoms with Crippen molar-refractivity contribution in [1.82, 2.24) is 15.4 Å². The summed E-state index contributed by atoms with van der Waals surface area (Å²) >= 11 is 0. The fraction of sp³-hybridized carbons (Fsp3) is 0.450. The summed E-state index contributed by atoms with van der Waals surface area (Å²) in [6, 6.07) is 8.74. The Hall–Kier alpha value is -2.67. The number of nitrogens with one attached hydrogen (secondary N) is 1. The van der Waals surface area contributed by atoms with Crippen LogP contribution < -0.4 is 5.32 Å². The lowest BCUT2D eigenvalue weighted by molar-refractivity contribution is -0.138. The van der Waals surface area contributed by atoms with Gasteiger partial charge in [0.05, 0.1) is 24.3 Å². The van der Waals surface area contributed by atoms with Crippen molar-refractivity contribution >= 4 is 11.8 Å². The zero-order valence-electron chi connectivity index (χ0n) is 15.8. The van der Waals surface area contributed by atoms with Crippen molar-refractivity contribution in [3.8, 4) is 0 Å². The van der Waals surface area contributed by atoms with Gasteiger partial charge in [-0.2, -0.15) is 0 Å². The topological polar surface area (TPSA) is 95.7 Å². The molecule has 1 aromatic carbocycles. The number of aliphatic hydroxyl groups excluding tert-OH is 1. The molecule has 7 heteroatoms. The molecule has 2 amide bonds. The Morgan fingerprint density at radius 1 is 1.33 bits per heavy atom. The van der Waals surface area contributed by atoms with E-state index in [1.165, 1.54) is 4.90 Å². The molecule has 0 radical (unpaired) electrons. The van der Waals surface area contributed by atoms with Crippen LogP contribution in [-0.2, 0) is 16.0 Å². The summed E-state index contributed by atoms with van der Waals surface area (Å²) in [5.74, 6) is -0.0707. The molecular weight excluding hydrogens is 346 g/mol. The van der Waals surface area contributed by atoms with Crippen LogP contribution >= 0.6 is 0 Å². The second-order valence-electron chi connectivity index (χ2n) is 7.20. The lowest BCUT2D eigenvalue weighted by Crippen LogP contribution is -2.47. The second-order valence-corrected chi connectivity index (χ2v) is 7.20. The average Bonchev–Trinajstić information content (AvgIpc) is 3.21. The van der Waals surface area contributed by atoms with Crippen molar-refractivity contribution in [3.63, 3.8) is 0 Å². The first kappa shape index (κ1) is 19.1. The summed E-state index contributed by atoms with van der Waals surface area (Å²) in [6.45, 7) is 5.83. The Balaban J connectivity index is 1.66. The largest absolute Gasteiger partial charge is 0.391 e. The van der Waals surface area contributed by atoms with Crippen LogP contribution in [-0.4, -0.2) is 45.7 Å². The molecule has 1 fully saturated rings. The fourth-order valence-electron chi connectivity index (χ4n) is 3.34. The highest BCUT2D eigenvalue weighted by Gasteiger charge is 2.39. The first-order valence-corrected chi connectivity index (χ1v) is 9.10. The van der Waals surface area contributed by atoms with Gasteiger partial charge in [-0.15, -0.1) is 0 Å². The van der Waals surface area contributed by atoms with E-state index in [0.29, 0.717) is 11.5 Å². The molecule has 2 aromatic rings. The molecule has 2 N–H and O–H groups in total. The van der Waals surface area contributed by atoms with E-state index in [4.69, 9.17) is 4.52 Å². The number of carbonyl (C=O) groups is 2. The van der Waals surface area contributed by atoms with Crippen molar-refractivity contribution in [2.45, 2.75) is 51.8 Å². The molecule has 144 valence electrons. The van der Waals surface area contributed by atoms with Gasteiger partial charge in [0.2, 0.25) is 11.8 Å². The van der Waals surface area contributed by atoms with Crippen LogP contribution in [0.1, 0.15) is 42.0 Å². The number of β-amino-alcohol motifs (C(OH)–C–C–N with tert-alkyl or cyclic N) is 1. The van der Waals surface area contributed by atoms with E-state index in [1.54, 1.807) is 13.0 Å². The number of amides is 2. The molecule has 2 heterocycles. The van der Waals surface area contributed by atoms with Gasteiger partial charge in [-0.05, 0) is 26.3 Å². The molecule has 0 aliphatic carbocycles. The van der Waals surface area contributed by atoms with Gasteiger partial charge in [0.25, 0.3) is 0 Å². The smallest absolute Gasteiger partial charge is 0.243 e. The standard InChI is InChI=1S/C20H25N3O4/c1-12-4-6-15(7-5-12)14(3)21-20(26)18-9-16(24)11-23(18)19(25)10-17-8-13(2)22-27-17/h4-8,14,16,18,24H,9-11H2,1-3H3,(H,21,26)/t14-,16+,18-/m0/s1. The number of rotatable bonds is 5. The van der Waals surface area contributed by atoms with Gasteiger partial charge < -0.3 is 19.8 Å². The normalized spacial score (nSPS) is 20.5. The molecule has 3 rings (SSSR count). The maximum Gasteiger partial charge on any atom is 0.243 e. The third kappa shape index (κ3) is 4.54. The van der Waals surface area contributed by atoms with Gasteiger partial charge in [0.15, 0.2) is 0 Å². The molecule has 3 atom stereocenters. The summed E-state index contributed by atoms with van der Waals surface area (Å²) in [6.07, 6.45) is -0.464. The van der Waals surface area contributed by atoms with E-state index in [1.807, 2.05) is 38.1 Å². The van der Waals surface area contributed by atoms with Crippen LogP contribution in [0, 0.1) is 13.8 Å². The third-order valence-corrected chi connectivity index (χ3v) is 4.84. The van der Waals surface area contributed by atoms with Crippen LogP contribution in [0.15, 0.2) is 34.9 Å². The van der Waals surface area contributed by atoms with Crippen molar-refractivity contribution < 1.29 is 19.2 Å². The maximum absolute atomic E-state index is 12.8. The Kier molecular flexibility index (Phi) is 5.60. The van der Waals surface area contributed by atoms with Crippen LogP contribution in [0.3, 0.4) is 0 Å². The third-order valence-electron chi connectivity index (χ3n) is 4.84. The number of carbonyl (C=O) groups excluding carboxylic acids is 2. The van der Waals surface area contributed by atoms with Crippen molar-refractivity contribution in [1.29, 1.82) is 0 Å². The van der Waals surface area contributed by atoms with Crippen LogP contribution in [0.2, 0.25) is 0 Å². The number of benzene rings is 1. The monoisotopic (exact) mass is 371 g/mol. The molecule has 1 saturated heterocycles. The number of nitrogens with zero attached hydrogens (tertiary/aromatic N) is 2. The molecule has 0 bridgehead atoms. The maximum atomic E-state index is 12.8. The number of hydrogen-bond donors (Lipinski definition) is 2. The van der Waals surface area contributed by atoms with Gasteiger partial charge in [0, 0.05) is 19.0 Å². The van der Waals surface area contributed by atoms with Crippen molar-refractivity contribution in [2.24, 2.45) is 0 Å². The number of hydrogen-bond acceptors (Lipinski definition) is 5. The van der Waals surface area contributed by atoms with Crippen LogP contribution in [0.25, 0.3) is 0 Å². The molecular formula is C20H25N3O4. The summed E-state index contributed by atoms with van der Waals surface area (Å²) in [5, 5.41) is 16.7. The Bertz CT molecular complexity index is 815. The summed E-state index contributed by atoms with van der Waals surface area (Å²) in [7, 11) is 0. The van der Waals surface area contributed by atoms with E-state index in [2.05, 4.69) is 10.5 Å². The number of likely N-dealkylation sites (tertiary alicyclic amines) is 1. The van der Waals surface area contributed by atoms with Gasteiger partial charge in [-0.25, -0.2) is 0 Å². The summed E-state index contributed by atoms with van der Waals surface area (Å²) < 4.78 is 5.09. The quantitative estimate of drug-likeness (QED) is 0.834. The van der Waals surface area contributed by atoms with E-state index >= 15 is 0 Å². The summed E-state index contributed by atoms with van der Waals surface area (Å²) in [4.78, 5) is 26.8. The highest BCUT2D eigenvalue weighted by Crippen LogP contribution is 2.21. The SMILES string of the molecule is Cc1ccc([C@H](C)NC(=O)[C@@H]2C[C@@H](O)CN2C(=O)Cc2cc(C)no2)cc1. The predicted octanol–water partition coefficient (Wildman–Crippen LogP) is 1.67. The minimum absolute atomic E-state index is 0.0187. The average molecular weight is 371 g/mol. The highest BCUT2D eigenvalue weighted by molar-refractivity contribution is 5.89. The zero-order valence-corrected chi connectivity index (χ0v) is 15.8. The first-order chi connectivity index (χ1) is 12.8. The lowest BCUT2D eigenvalue weighted by atomic mass is 10.1. The molecule has 7 nitrogen and oxygen atoms in total. The molecule has 1 aromatic heterocycles.